The summed E-state index contributed by atoms with van der Waals surface area (Å²) in [5.41, 5.74) is 9.06. The average molecular weight is 279 g/mol. The van der Waals surface area contributed by atoms with E-state index >= 15 is 0 Å². The molecule has 0 unspecified atom stereocenters. The van der Waals surface area contributed by atoms with Crippen molar-refractivity contribution in [1.29, 1.82) is 0 Å². The lowest BCUT2D eigenvalue weighted by atomic mass is 10.1. The Kier molecular flexibility index (Phi) is 5.14. The zero-order valence-corrected chi connectivity index (χ0v) is 11.9. The second-order valence-electron chi connectivity index (χ2n) is 4.55. The number of esters is 1. The second-order valence-corrected chi connectivity index (χ2v) is 4.55. The van der Waals surface area contributed by atoms with E-state index in [4.69, 9.17) is 5.73 Å². The maximum absolute atomic E-state index is 11.3. The molecular weight excluding hydrogens is 262 g/mol. The third-order valence-electron chi connectivity index (χ3n) is 3.04. The Morgan fingerprint density at radius 1 is 1.00 bits per heavy atom. The third-order valence-corrected chi connectivity index (χ3v) is 3.04. The molecule has 3 heteroatoms. The van der Waals surface area contributed by atoms with Crippen LogP contribution >= 0.6 is 0 Å². The number of nitrogens with two attached hydrogens (primary N) is 1. The molecule has 2 rings (SSSR count). The van der Waals surface area contributed by atoms with Crippen LogP contribution in [-0.4, -0.2) is 19.6 Å². The van der Waals surface area contributed by atoms with E-state index in [1.807, 2.05) is 36.4 Å². The van der Waals surface area contributed by atoms with Crippen molar-refractivity contribution in [3.8, 4) is 11.8 Å². The van der Waals surface area contributed by atoms with E-state index in [9.17, 15) is 4.79 Å². The monoisotopic (exact) mass is 279 g/mol. The van der Waals surface area contributed by atoms with Gasteiger partial charge in [-0.25, -0.2) is 4.79 Å². The fraction of sp³-hybridized carbons (Fsp3) is 0.167. The maximum Gasteiger partial charge on any atom is 0.337 e. The minimum Gasteiger partial charge on any atom is -0.465 e. The van der Waals surface area contributed by atoms with E-state index in [1.54, 1.807) is 12.1 Å². The first kappa shape index (κ1) is 14.8. The van der Waals surface area contributed by atoms with Gasteiger partial charge in [-0.05, 0) is 54.9 Å². The molecule has 2 N–H and O–H groups in total. The quantitative estimate of drug-likeness (QED) is 0.693. The lowest BCUT2D eigenvalue weighted by Gasteiger charge is -1.99. The molecule has 0 spiro atoms. The van der Waals surface area contributed by atoms with Crippen LogP contribution in [0.4, 0.5) is 0 Å². The van der Waals surface area contributed by atoms with Gasteiger partial charge in [0.1, 0.15) is 0 Å². The molecule has 0 saturated heterocycles. The molecule has 2 aromatic rings. The molecule has 0 bridgehead atoms. The van der Waals surface area contributed by atoms with Crippen molar-refractivity contribution in [1.82, 2.24) is 0 Å². The van der Waals surface area contributed by atoms with Gasteiger partial charge in [0.2, 0.25) is 0 Å². The summed E-state index contributed by atoms with van der Waals surface area (Å²) in [7, 11) is 1.37. The molecule has 106 valence electrons. The Morgan fingerprint density at radius 2 is 1.52 bits per heavy atom. The molecule has 2 aromatic carbocycles. The number of hydrogen-bond donors (Lipinski definition) is 1. The van der Waals surface area contributed by atoms with Gasteiger partial charge in [0.05, 0.1) is 12.7 Å². The largest absolute Gasteiger partial charge is 0.465 e. The highest BCUT2D eigenvalue weighted by Crippen LogP contribution is 2.06. The zero-order valence-electron chi connectivity index (χ0n) is 11.9. The van der Waals surface area contributed by atoms with Gasteiger partial charge in [0.15, 0.2) is 0 Å². The van der Waals surface area contributed by atoms with E-state index in [-0.39, 0.29) is 5.97 Å². The van der Waals surface area contributed by atoms with Gasteiger partial charge in [0.25, 0.3) is 0 Å². The highest BCUT2D eigenvalue weighted by molar-refractivity contribution is 5.89. The van der Waals surface area contributed by atoms with Crippen LogP contribution in [0, 0.1) is 11.8 Å². The van der Waals surface area contributed by atoms with E-state index < -0.39 is 0 Å². The highest BCUT2D eigenvalue weighted by atomic mass is 16.5. The smallest absolute Gasteiger partial charge is 0.337 e. The summed E-state index contributed by atoms with van der Waals surface area (Å²) in [5, 5.41) is 0. The predicted molar refractivity (Wildman–Crippen MR) is 83.0 cm³/mol. The van der Waals surface area contributed by atoms with Gasteiger partial charge in [-0.2, -0.15) is 0 Å². The molecule has 0 aromatic heterocycles. The van der Waals surface area contributed by atoms with E-state index in [0.717, 1.165) is 17.5 Å². The van der Waals surface area contributed by atoms with Crippen LogP contribution in [0.2, 0.25) is 0 Å². The number of carbonyl (C=O) groups excluding carboxylic acids is 1. The Bertz CT molecular complexity index is 661. The van der Waals surface area contributed by atoms with Gasteiger partial charge in [-0.1, -0.05) is 24.0 Å². The first-order valence-electron chi connectivity index (χ1n) is 6.72. The minimum atomic E-state index is -0.343. The summed E-state index contributed by atoms with van der Waals surface area (Å²) < 4.78 is 4.65. The van der Waals surface area contributed by atoms with Gasteiger partial charge in [-0.15, -0.1) is 0 Å². The molecule has 3 nitrogen and oxygen atoms in total. The number of carbonyl (C=O) groups is 1. The Balaban J connectivity index is 2.09. The fourth-order valence-electron chi connectivity index (χ4n) is 1.87. The van der Waals surface area contributed by atoms with Crippen molar-refractivity contribution in [2.24, 2.45) is 5.73 Å². The van der Waals surface area contributed by atoms with E-state index in [1.165, 1.54) is 12.7 Å². The normalized spacial score (nSPS) is 9.62. The van der Waals surface area contributed by atoms with Crippen LogP contribution in [0.1, 0.15) is 27.0 Å². The number of ether oxygens (including phenoxy) is 1. The molecule has 0 amide bonds. The highest BCUT2D eigenvalue weighted by Gasteiger charge is 2.03. The number of rotatable bonds is 3. The minimum absolute atomic E-state index is 0.343. The lowest BCUT2D eigenvalue weighted by molar-refractivity contribution is 0.0601. The summed E-state index contributed by atoms with van der Waals surface area (Å²) in [6, 6.07) is 15.1. The van der Waals surface area contributed by atoms with Crippen LogP contribution in [-0.2, 0) is 11.2 Å². The third kappa shape index (κ3) is 4.20. The van der Waals surface area contributed by atoms with Gasteiger partial charge >= 0.3 is 5.97 Å². The summed E-state index contributed by atoms with van der Waals surface area (Å²) in [6.45, 7) is 0.650. The van der Waals surface area contributed by atoms with Gasteiger partial charge in [0, 0.05) is 11.1 Å². The predicted octanol–water partition coefficient (Wildman–Crippen LogP) is 2.37. The van der Waals surface area contributed by atoms with Crippen molar-refractivity contribution < 1.29 is 9.53 Å². The standard InChI is InChI=1S/C18H17NO2/c1-21-18(20)17-10-8-15(9-11-17)3-2-14-4-6-16(7-5-14)12-13-19/h4-11H,12-13,19H2,1H3. The molecule has 0 saturated carbocycles. The first-order chi connectivity index (χ1) is 10.2. The molecule has 0 radical (unpaired) electrons. The van der Waals surface area contributed by atoms with Crippen molar-refractivity contribution in [2.45, 2.75) is 6.42 Å². The second kappa shape index (κ2) is 7.28. The van der Waals surface area contributed by atoms with Crippen LogP contribution in [0.5, 0.6) is 0 Å². The summed E-state index contributed by atoms with van der Waals surface area (Å²) in [6.07, 6.45) is 0.878. The van der Waals surface area contributed by atoms with Crippen LogP contribution < -0.4 is 5.73 Å². The zero-order chi connectivity index (χ0) is 15.1. The topological polar surface area (TPSA) is 52.3 Å². The van der Waals surface area contributed by atoms with E-state index in [2.05, 4.69) is 16.6 Å². The van der Waals surface area contributed by atoms with Crippen molar-refractivity contribution in [2.75, 3.05) is 13.7 Å². The number of methoxy groups -OCH3 is 1. The number of hydrogen-bond acceptors (Lipinski definition) is 3. The van der Waals surface area contributed by atoms with E-state index in [0.29, 0.717) is 12.1 Å². The Morgan fingerprint density at radius 3 is 2.00 bits per heavy atom. The molecule has 0 aliphatic heterocycles. The molecule has 0 aliphatic rings. The lowest BCUT2D eigenvalue weighted by Crippen LogP contribution is -2.02. The van der Waals surface area contributed by atoms with Crippen LogP contribution in [0.15, 0.2) is 48.5 Å². The van der Waals surface area contributed by atoms with Crippen molar-refractivity contribution >= 4 is 5.97 Å². The Hall–Kier alpha value is -2.57. The maximum atomic E-state index is 11.3. The summed E-state index contributed by atoms with van der Waals surface area (Å²) >= 11 is 0. The number of benzene rings is 2. The van der Waals surface area contributed by atoms with Crippen molar-refractivity contribution in [3.05, 3.63) is 70.8 Å². The molecular formula is C18H17NO2. The summed E-state index contributed by atoms with van der Waals surface area (Å²) in [5.74, 6) is 5.82. The van der Waals surface area contributed by atoms with Gasteiger partial charge < -0.3 is 10.5 Å². The molecule has 0 heterocycles. The summed E-state index contributed by atoms with van der Waals surface area (Å²) in [4.78, 5) is 11.3. The van der Waals surface area contributed by atoms with Gasteiger partial charge in [-0.3, -0.25) is 0 Å². The molecule has 0 atom stereocenters. The van der Waals surface area contributed by atoms with Crippen LogP contribution in [0.3, 0.4) is 0 Å². The molecule has 0 aliphatic carbocycles. The first-order valence-corrected chi connectivity index (χ1v) is 6.72. The fourth-order valence-corrected chi connectivity index (χ4v) is 1.87. The Labute approximate surface area is 124 Å². The van der Waals surface area contributed by atoms with Crippen molar-refractivity contribution in [3.63, 3.8) is 0 Å². The molecule has 21 heavy (non-hydrogen) atoms. The SMILES string of the molecule is COC(=O)c1ccc(C#Cc2ccc(CCN)cc2)cc1. The van der Waals surface area contributed by atoms with Crippen LogP contribution in [0.25, 0.3) is 0 Å². The molecule has 0 fully saturated rings. The average Bonchev–Trinajstić information content (AvgIpc) is 2.54.